The van der Waals surface area contributed by atoms with Crippen molar-refractivity contribution >= 4 is 23.9 Å². The minimum absolute atomic E-state index is 0.269. The highest BCUT2D eigenvalue weighted by Crippen LogP contribution is 2.44. The third kappa shape index (κ3) is 42.4. The summed E-state index contributed by atoms with van der Waals surface area (Å²) < 4.78 is 0. The fourth-order valence-electron chi connectivity index (χ4n) is 13.1. The van der Waals surface area contributed by atoms with Crippen LogP contribution >= 0.6 is 0 Å². The van der Waals surface area contributed by atoms with Crippen LogP contribution in [0.1, 0.15) is 329 Å². The van der Waals surface area contributed by atoms with Gasteiger partial charge < -0.3 is 20.4 Å². The number of unbranched alkanes of at least 4 members (excludes halogenated alkanes) is 22. The zero-order valence-corrected chi connectivity index (χ0v) is 52.4. The molecule has 0 spiro atoms. The lowest BCUT2D eigenvalue weighted by molar-refractivity contribution is -0.138. The van der Waals surface area contributed by atoms with E-state index in [0.717, 1.165) is 147 Å². The molecule has 1 rings (SSSR count). The van der Waals surface area contributed by atoms with Gasteiger partial charge in [-0.15, -0.1) is 0 Å². The highest BCUT2D eigenvalue weighted by molar-refractivity contribution is 5.67. The van der Waals surface area contributed by atoms with Gasteiger partial charge >= 0.3 is 23.9 Å². The Labute approximate surface area is 492 Å². The number of carbonyl (C=O) groups is 4. The summed E-state index contributed by atoms with van der Waals surface area (Å²) in [5.74, 6) is 1.84. The minimum atomic E-state index is -0.694. The van der Waals surface area contributed by atoms with Crippen LogP contribution in [0.2, 0.25) is 0 Å². The van der Waals surface area contributed by atoms with Crippen molar-refractivity contribution in [1.82, 2.24) is 0 Å². The highest BCUT2D eigenvalue weighted by Gasteiger charge is 2.34. The van der Waals surface area contributed by atoms with Gasteiger partial charge in [0.15, 0.2) is 0 Å². The monoisotopic (exact) mass is 1120 g/mol. The zero-order chi connectivity index (χ0) is 58.5. The van der Waals surface area contributed by atoms with Crippen LogP contribution in [0.15, 0.2) is 60.3 Å². The van der Waals surface area contributed by atoms with Crippen molar-refractivity contribution in [2.45, 2.75) is 329 Å². The summed E-state index contributed by atoms with van der Waals surface area (Å²) in [4.78, 5) is 44.3. The smallest absolute Gasteiger partial charge is 0.303 e. The van der Waals surface area contributed by atoms with Crippen LogP contribution in [0.3, 0.4) is 0 Å². The molecule has 0 radical (unpaired) electrons. The van der Waals surface area contributed by atoms with Gasteiger partial charge in [0.1, 0.15) is 0 Å². The molecule has 8 heteroatoms. The third-order valence-electron chi connectivity index (χ3n) is 18.0. The molecule has 462 valence electrons. The number of aliphatic carboxylic acids is 4. The second-order valence-corrected chi connectivity index (χ2v) is 24.6. The molecule has 1 aliphatic rings. The maximum Gasteiger partial charge on any atom is 0.303 e. The number of hydrogen-bond donors (Lipinski definition) is 4. The Morgan fingerprint density at radius 1 is 0.375 bits per heavy atom. The maximum absolute atomic E-state index is 11.1. The molecular formula is C72H126O8. The highest BCUT2D eigenvalue weighted by atomic mass is 16.4. The molecular weight excluding hydrogens is 993 g/mol. The van der Waals surface area contributed by atoms with Gasteiger partial charge in [-0.3, -0.25) is 19.2 Å². The van der Waals surface area contributed by atoms with Gasteiger partial charge in [-0.25, -0.2) is 0 Å². The summed E-state index contributed by atoms with van der Waals surface area (Å²) in [7, 11) is 0. The Morgan fingerprint density at radius 3 is 1.26 bits per heavy atom. The molecule has 0 aromatic rings. The maximum atomic E-state index is 11.1. The molecule has 0 saturated heterocycles. The third-order valence-corrected chi connectivity index (χ3v) is 18.0. The van der Waals surface area contributed by atoms with Crippen molar-refractivity contribution < 1.29 is 39.6 Å². The Morgan fingerprint density at radius 2 is 0.762 bits per heavy atom. The van der Waals surface area contributed by atoms with Gasteiger partial charge in [0.2, 0.25) is 0 Å². The first-order chi connectivity index (χ1) is 39.0. The summed E-state index contributed by atoms with van der Waals surface area (Å²) in [5, 5.41) is 36.4. The Kier molecular flexibility index (Phi) is 50.0. The molecule has 8 nitrogen and oxygen atoms in total. The predicted molar refractivity (Wildman–Crippen MR) is 339 cm³/mol. The largest absolute Gasteiger partial charge is 0.481 e. The molecule has 1 aliphatic carbocycles. The van der Waals surface area contributed by atoms with E-state index in [9.17, 15) is 19.2 Å². The molecule has 4 N–H and O–H groups in total. The lowest BCUT2D eigenvalue weighted by atomic mass is 9.65. The Bertz CT molecular complexity index is 1660. The van der Waals surface area contributed by atoms with E-state index in [1.165, 1.54) is 141 Å². The first kappa shape index (κ1) is 74.6. The van der Waals surface area contributed by atoms with Crippen LogP contribution in [0.5, 0.6) is 0 Å². The van der Waals surface area contributed by atoms with Gasteiger partial charge in [-0.2, -0.15) is 0 Å². The molecule has 0 saturated carbocycles. The van der Waals surface area contributed by atoms with E-state index in [0.29, 0.717) is 29.6 Å². The van der Waals surface area contributed by atoms with Gasteiger partial charge in [0.05, 0.1) is 0 Å². The topological polar surface area (TPSA) is 149 Å². The molecule has 0 aliphatic heterocycles. The Hall–Kier alpha value is -3.42. The van der Waals surface area contributed by atoms with Crippen molar-refractivity contribution in [1.29, 1.82) is 0 Å². The molecule has 0 aromatic heterocycles. The van der Waals surface area contributed by atoms with E-state index in [4.69, 9.17) is 20.4 Å². The minimum Gasteiger partial charge on any atom is -0.481 e. The van der Waals surface area contributed by atoms with Crippen molar-refractivity contribution in [3.63, 3.8) is 0 Å². The first-order valence-corrected chi connectivity index (χ1v) is 34.2. The number of allylic oxidation sites excluding steroid dienone is 10. The average molecular weight is 1120 g/mol. The summed E-state index contributed by atoms with van der Waals surface area (Å²) in [6, 6.07) is 0. The Balaban J connectivity index is 3.08. The molecule has 0 aromatic carbocycles. The fourth-order valence-corrected chi connectivity index (χ4v) is 13.1. The van der Waals surface area contributed by atoms with Crippen LogP contribution in [0.4, 0.5) is 0 Å². The van der Waals surface area contributed by atoms with Crippen LogP contribution in [0.25, 0.3) is 0 Å². The molecule has 0 heterocycles. The molecule has 0 fully saturated rings. The summed E-state index contributed by atoms with van der Waals surface area (Å²) >= 11 is 0. The average Bonchev–Trinajstić information content (AvgIpc) is 3.45. The first-order valence-electron chi connectivity index (χ1n) is 34.2. The predicted octanol–water partition coefficient (Wildman–Crippen LogP) is 22.2. The van der Waals surface area contributed by atoms with E-state index in [2.05, 4.69) is 82.4 Å². The van der Waals surface area contributed by atoms with E-state index in [1.54, 1.807) is 5.57 Å². The quantitative estimate of drug-likeness (QED) is 0.0347. The van der Waals surface area contributed by atoms with E-state index >= 15 is 0 Å². The van der Waals surface area contributed by atoms with Crippen molar-refractivity contribution in [3.05, 3.63) is 60.3 Å². The van der Waals surface area contributed by atoms with Crippen LogP contribution in [-0.4, -0.2) is 44.3 Å². The normalized spacial score (nSPS) is 18.0. The molecule has 0 amide bonds. The van der Waals surface area contributed by atoms with Crippen molar-refractivity contribution in [2.24, 2.45) is 41.4 Å². The molecule has 80 heavy (non-hydrogen) atoms. The molecule has 7 atom stereocenters. The van der Waals surface area contributed by atoms with Gasteiger partial charge in [-0.05, 0) is 170 Å². The number of carboxylic acids is 4. The fraction of sp³-hybridized carbons (Fsp3) is 0.806. The van der Waals surface area contributed by atoms with E-state index in [-0.39, 0.29) is 25.7 Å². The van der Waals surface area contributed by atoms with Gasteiger partial charge in [0.25, 0.3) is 0 Å². The summed E-state index contributed by atoms with van der Waals surface area (Å²) in [5.41, 5.74) is 1.62. The second kappa shape index (κ2) is 53.6. The molecule has 7 unspecified atom stereocenters. The number of hydrogen-bond acceptors (Lipinski definition) is 4. The molecule has 0 bridgehead atoms. The standard InChI is InChI=1S/C72H126O8/c1-5-9-11-13-14-19-33-47-63(48-34-20-15-24-41-55-69(73)74)64(49-35-21-16-25-42-56-70(75)76)50-36-29-28-32-45-61(7-3)62(8-4)46-38-30-40-54-68-65(51-31-12-10-6-2)59-60-66(52-37-22-17-26-43-57-71(77)78)67(68)53-39-23-18-27-44-58-72(79)80/h14,19,28-30,40,50,59-63,65-68H,5-13,15-18,20-27,31-39,41-49,51-58H2,1-4H3,(H,73,74)(H,75,76)(H,77,78)(H,79,80). The lowest BCUT2D eigenvalue weighted by Crippen LogP contribution is -2.31. The summed E-state index contributed by atoms with van der Waals surface area (Å²) in [6.45, 7) is 9.36. The number of rotatable bonds is 58. The zero-order valence-electron chi connectivity index (χ0n) is 52.4. The SMILES string of the molecule is CCCCCC=CCCC(CCCCCCCC(=O)O)C(=CCC=CCCC(CC)C(CC)CCC=CCC1C(CCCCCC)C=CC(CCCCCCCC(=O)O)C1CCCCCCCC(=O)O)CCCCCCCC(=O)O. The van der Waals surface area contributed by atoms with E-state index in [1.807, 2.05) is 0 Å². The van der Waals surface area contributed by atoms with Crippen LogP contribution in [-0.2, 0) is 19.2 Å². The van der Waals surface area contributed by atoms with Crippen molar-refractivity contribution in [3.8, 4) is 0 Å². The van der Waals surface area contributed by atoms with Crippen LogP contribution in [0, 0.1) is 41.4 Å². The second-order valence-electron chi connectivity index (χ2n) is 24.6. The van der Waals surface area contributed by atoms with E-state index < -0.39 is 23.9 Å². The lowest BCUT2D eigenvalue weighted by Gasteiger charge is -2.40. The summed E-state index contributed by atoms with van der Waals surface area (Å²) in [6.07, 6.45) is 72.7. The van der Waals surface area contributed by atoms with Crippen LogP contribution < -0.4 is 0 Å². The van der Waals surface area contributed by atoms with Gasteiger partial charge in [-0.1, -0.05) is 236 Å². The van der Waals surface area contributed by atoms with Crippen molar-refractivity contribution in [2.75, 3.05) is 0 Å². The number of carboxylic acid groups (broad SMARTS) is 4. The van der Waals surface area contributed by atoms with Gasteiger partial charge in [0, 0.05) is 25.7 Å².